The molecule has 23 heavy (non-hydrogen) atoms. The zero-order valence-electron chi connectivity index (χ0n) is 12.4. The Morgan fingerprint density at radius 3 is 3.09 bits per heavy atom. The van der Waals surface area contributed by atoms with Gasteiger partial charge in [-0.15, -0.1) is 0 Å². The predicted molar refractivity (Wildman–Crippen MR) is 82.7 cm³/mol. The van der Waals surface area contributed by atoms with Gasteiger partial charge in [-0.05, 0) is 25.1 Å². The Labute approximate surface area is 134 Å². The van der Waals surface area contributed by atoms with Gasteiger partial charge in [-0.2, -0.15) is 4.99 Å². The Balaban J connectivity index is 2.06. The molecule has 6 nitrogen and oxygen atoms in total. The van der Waals surface area contributed by atoms with Gasteiger partial charge in [-0.1, -0.05) is 16.5 Å². The summed E-state index contributed by atoms with van der Waals surface area (Å²) in [5.41, 5.74) is 0.806. The van der Waals surface area contributed by atoms with Crippen LogP contribution in [0.3, 0.4) is 0 Å². The predicted octanol–water partition coefficient (Wildman–Crippen LogP) is 2.61. The molecule has 0 unspecified atom stereocenters. The van der Waals surface area contributed by atoms with Crippen LogP contribution in [0.2, 0.25) is 0 Å². The van der Waals surface area contributed by atoms with Gasteiger partial charge < -0.3 is 13.8 Å². The van der Waals surface area contributed by atoms with Crippen LogP contribution in [0.1, 0.15) is 17.5 Å². The maximum Gasteiger partial charge on any atom is 0.318 e. The van der Waals surface area contributed by atoms with Crippen LogP contribution in [0.4, 0.5) is 4.39 Å². The van der Waals surface area contributed by atoms with Crippen molar-refractivity contribution in [3.63, 3.8) is 0 Å². The highest BCUT2D eigenvalue weighted by molar-refractivity contribution is 7.16. The van der Waals surface area contributed by atoms with Crippen LogP contribution in [-0.2, 0) is 11.3 Å². The molecule has 0 fully saturated rings. The maximum atomic E-state index is 13.4. The molecule has 8 heteroatoms. The highest BCUT2D eigenvalue weighted by atomic mass is 32.1. The van der Waals surface area contributed by atoms with Crippen LogP contribution >= 0.6 is 11.3 Å². The molecule has 0 spiro atoms. The zero-order chi connectivity index (χ0) is 16.2. The van der Waals surface area contributed by atoms with Gasteiger partial charge in [0.1, 0.15) is 5.82 Å². The van der Waals surface area contributed by atoms with Crippen LogP contribution in [-0.4, -0.2) is 28.8 Å². The van der Waals surface area contributed by atoms with Crippen molar-refractivity contribution in [1.82, 2.24) is 9.72 Å². The van der Waals surface area contributed by atoms with Gasteiger partial charge >= 0.3 is 5.91 Å². The second-order valence-electron chi connectivity index (χ2n) is 4.64. The molecule has 3 rings (SSSR count). The second kappa shape index (κ2) is 6.84. The van der Waals surface area contributed by atoms with E-state index in [1.165, 1.54) is 35.7 Å². The van der Waals surface area contributed by atoms with Gasteiger partial charge in [0.05, 0.1) is 23.0 Å². The number of ether oxygens (including phenoxy) is 1. The summed E-state index contributed by atoms with van der Waals surface area (Å²) in [4.78, 5) is 16.6. The van der Waals surface area contributed by atoms with E-state index in [-0.39, 0.29) is 11.6 Å². The number of hydrogen-bond acceptors (Lipinski definition) is 5. The van der Waals surface area contributed by atoms with E-state index in [4.69, 9.17) is 9.26 Å². The van der Waals surface area contributed by atoms with Gasteiger partial charge in [0.2, 0.25) is 5.76 Å². The number of thiazole rings is 1. The van der Waals surface area contributed by atoms with Gasteiger partial charge in [-0.3, -0.25) is 4.79 Å². The maximum absolute atomic E-state index is 13.4. The summed E-state index contributed by atoms with van der Waals surface area (Å²) >= 11 is 1.24. The average molecular weight is 335 g/mol. The summed E-state index contributed by atoms with van der Waals surface area (Å²) in [5, 5.41) is 3.49. The van der Waals surface area contributed by atoms with Crippen molar-refractivity contribution in [2.24, 2.45) is 4.99 Å². The van der Waals surface area contributed by atoms with E-state index in [9.17, 15) is 9.18 Å². The van der Waals surface area contributed by atoms with Crippen LogP contribution < -0.4 is 4.80 Å². The number of halogens is 1. The molecule has 0 N–H and O–H groups in total. The third-order valence-corrected chi connectivity index (χ3v) is 4.20. The number of hydrogen-bond donors (Lipinski definition) is 0. The summed E-state index contributed by atoms with van der Waals surface area (Å²) in [6, 6.07) is 5.93. The summed E-state index contributed by atoms with van der Waals surface area (Å²) in [5.74, 6) is -0.798. The number of amides is 1. The molecule has 2 heterocycles. The molecule has 120 valence electrons. The lowest BCUT2D eigenvalue weighted by Crippen LogP contribution is -2.19. The molecule has 0 aliphatic heterocycles. The highest BCUT2D eigenvalue weighted by Crippen LogP contribution is 2.18. The largest absolute Gasteiger partial charge is 0.380 e. The number of carbonyl (C=O) groups is 1. The number of benzene rings is 1. The molecule has 0 atom stereocenters. The fourth-order valence-corrected chi connectivity index (χ4v) is 3.20. The Bertz CT molecular complexity index is 883. The molecule has 0 aliphatic carbocycles. The molecular formula is C15H14FN3O3S. The topological polar surface area (TPSA) is 69.6 Å². The van der Waals surface area contributed by atoms with Crippen molar-refractivity contribution in [2.45, 2.75) is 13.5 Å². The Hall–Kier alpha value is -2.32. The van der Waals surface area contributed by atoms with Crippen molar-refractivity contribution in [1.29, 1.82) is 0 Å². The Morgan fingerprint density at radius 2 is 2.35 bits per heavy atom. The lowest BCUT2D eigenvalue weighted by Gasteiger charge is -2.05. The molecule has 0 bridgehead atoms. The van der Waals surface area contributed by atoms with E-state index in [0.717, 1.165) is 5.52 Å². The average Bonchev–Trinajstić information content (AvgIpc) is 3.16. The number of fused-ring (bicyclic) bond motifs is 1. The normalized spacial score (nSPS) is 12.2. The van der Waals surface area contributed by atoms with Crippen molar-refractivity contribution in [2.75, 3.05) is 13.2 Å². The van der Waals surface area contributed by atoms with Crippen LogP contribution in [0.25, 0.3) is 10.2 Å². The summed E-state index contributed by atoms with van der Waals surface area (Å²) in [6.07, 6.45) is 1.38. The smallest absolute Gasteiger partial charge is 0.318 e. The van der Waals surface area contributed by atoms with Gasteiger partial charge in [0.15, 0.2) is 4.80 Å². The van der Waals surface area contributed by atoms with E-state index < -0.39 is 5.91 Å². The number of carbonyl (C=O) groups excluding carboxylic acids is 1. The minimum Gasteiger partial charge on any atom is -0.380 e. The lowest BCUT2D eigenvalue weighted by molar-refractivity contribution is 0.0961. The first kappa shape index (κ1) is 15.6. The second-order valence-corrected chi connectivity index (χ2v) is 5.65. The fraction of sp³-hybridized carbons (Fsp3) is 0.267. The minimum absolute atomic E-state index is 0.0602. The molecule has 2 aromatic heterocycles. The van der Waals surface area contributed by atoms with Crippen molar-refractivity contribution in [3.8, 4) is 0 Å². The Kier molecular flexibility index (Phi) is 4.63. The fourth-order valence-electron chi connectivity index (χ4n) is 2.12. The van der Waals surface area contributed by atoms with E-state index in [0.29, 0.717) is 29.3 Å². The van der Waals surface area contributed by atoms with Gasteiger partial charge in [0, 0.05) is 19.2 Å². The minimum atomic E-state index is -0.528. The summed E-state index contributed by atoms with van der Waals surface area (Å²) in [6.45, 7) is 3.50. The molecule has 0 saturated carbocycles. The van der Waals surface area contributed by atoms with Crippen LogP contribution in [0.15, 0.2) is 40.0 Å². The first-order valence-corrected chi connectivity index (χ1v) is 7.87. The van der Waals surface area contributed by atoms with Crippen molar-refractivity contribution >= 4 is 27.5 Å². The van der Waals surface area contributed by atoms with Crippen LogP contribution in [0, 0.1) is 5.82 Å². The monoisotopic (exact) mass is 335 g/mol. The standard InChI is InChI=1S/C15H14FN3O3S/c1-2-21-8-7-19-11-4-3-10(16)9-13(11)23-15(19)18-14(20)12-5-6-17-22-12/h3-6,9H,2,7-8H2,1H3. The van der Waals surface area contributed by atoms with Gasteiger partial charge in [-0.25, -0.2) is 4.39 Å². The van der Waals surface area contributed by atoms with E-state index >= 15 is 0 Å². The SMILES string of the molecule is CCOCCn1c(=NC(=O)c2ccno2)sc2cc(F)ccc21. The first-order valence-electron chi connectivity index (χ1n) is 7.05. The molecular weight excluding hydrogens is 321 g/mol. The third kappa shape index (κ3) is 3.38. The van der Waals surface area contributed by atoms with Gasteiger partial charge in [0.25, 0.3) is 0 Å². The van der Waals surface area contributed by atoms with E-state index in [1.54, 1.807) is 6.07 Å². The Morgan fingerprint density at radius 1 is 1.48 bits per heavy atom. The lowest BCUT2D eigenvalue weighted by atomic mass is 10.3. The van der Waals surface area contributed by atoms with E-state index in [1.807, 2.05) is 11.5 Å². The van der Waals surface area contributed by atoms with E-state index in [2.05, 4.69) is 10.1 Å². The quantitative estimate of drug-likeness (QED) is 0.672. The molecule has 0 radical (unpaired) electrons. The van der Waals surface area contributed by atoms with Crippen molar-refractivity contribution in [3.05, 3.63) is 46.8 Å². The number of aromatic nitrogens is 2. The van der Waals surface area contributed by atoms with Crippen molar-refractivity contribution < 1.29 is 18.4 Å². The first-order chi connectivity index (χ1) is 11.2. The number of rotatable bonds is 5. The summed E-state index contributed by atoms with van der Waals surface area (Å²) < 4.78 is 26.2. The van der Waals surface area contributed by atoms with Crippen LogP contribution in [0.5, 0.6) is 0 Å². The molecule has 0 saturated heterocycles. The highest BCUT2D eigenvalue weighted by Gasteiger charge is 2.12. The zero-order valence-corrected chi connectivity index (χ0v) is 13.2. The number of nitrogens with zero attached hydrogens (tertiary/aromatic N) is 3. The summed E-state index contributed by atoms with van der Waals surface area (Å²) in [7, 11) is 0. The molecule has 0 aliphatic rings. The third-order valence-electron chi connectivity index (χ3n) is 3.15. The molecule has 1 amide bonds. The molecule has 3 aromatic rings. The molecule has 1 aromatic carbocycles.